The lowest BCUT2D eigenvalue weighted by Gasteiger charge is -2.18. The number of benzene rings is 1. The number of alkyl halides is 3. The summed E-state index contributed by atoms with van der Waals surface area (Å²) in [5.41, 5.74) is -3.03. The van der Waals surface area contributed by atoms with Crippen LogP contribution in [0.15, 0.2) is 35.7 Å². The molecule has 0 fully saturated rings. The number of hydrogen-bond donors (Lipinski definition) is 1. The lowest BCUT2D eigenvalue weighted by Crippen LogP contribution is -2.27. The number of anilines is 1. The van der Waals surface area contributed by atoms with Crippen LogP contribution < -0.4 is 9.83 Å². The third kappa shape index (κ3) is 3.53. The zero-order chi connectivity index (χ0) is 20.0. The van der Waals surface area contributed by atoms with E-state index < -0.39 is 44.1 Å². The topological polar surface area (TPSA) is 129 Å². The maximum absolute atomic E-state index is 13.2. The Morgan fingerprint density at radius 2 is 2.00 bits per heavy atom. The predicted octanol–water partition coefficient (Wildman–Crippen LogP) is 0.616. The Kier molecular flexibility index (Phi) is 4.26. The van der Waals surface area contributed by atoms with Crippen LogP contribution in [0.3, 0.4) is 0 Å². The number of nitrogens with one attached hydrogen (secondary N) is 1. The fourth-order valence-electron chi connectivity index (χ4n) is 2.22. The monoisotopic (exact) mass is 400 g/mol. The number of carboxylic acid groups (broad SMARTS) is 1. The van der Waals surface area contributed by atoms with E-state index >= 15 is 0 Å². The maximum atomic E-state index is 13.2. The highest BCUT2D eigenvalue weighted by molar-refractivity contribution is 7.92. The number of aromatic nitrogens is 4. The van der Waals surface area contributed by atoms with E-state index in [1.165, 1.54) is 12.4 Å². The number of hydrogen-bond acceptors (Lipinski definition) is 7. The minimum Gasteiger partial charge on any atom is -0.545 e. The second-order valence-corrected chi connectivity index (χ2v) is 6.97. The van der Waals surface area contributed by atoms with Crippen molar-refractivity contribution in [3.8, 4) is 0 Å². The van der Waals surface area contributed by atoms with Gasteiger partial charge in [0.05, 0.1) is 17.2 Å². The Labute approximate surface area is 149 Å². The first-order valence-corrected chi connectivity index (χ1v) is 8.61. The molecule has 2 heterocycles. The van der Waals surface area contributed by atoms with E-state index in [4.69, 9.17) is 0 Å². The van der Waals surface area contributed by atoms with Crippen molar-refractivity contribution in [2.45, 2.75) is 18.3 Å². The van der Waals surface area contributed by atoms with E-state index in [9.17, 15) is 31.5 Å². The van der Waals surface area contributed by atoms with Gasteiger partial charge in [0.15, 0.2) is 0 Å². The van der Waals surface area contributed by atoms with E-state index in [0.717, 1.165) is 16.6 Å². The average Bonchev–Trinajstić information content (AvgIpc) is 2.97. The number of para-hydroxylation sites is 1. The van der Waals surface area contributed by atoms with Crippen LogP contribution in [0.2, 0.25) is 0 Å². The van der Waals surface area contributed by atoms with Crippen LogP contribution in [0.1, 0.15) is 21.5 Å². The van der Waals surface area contributed by atoms with Gasteiger partial charge in [-0.05, 0) is 18.6 Å². The van der Waals surface area contributed by atoms with Gasteiger partial charge in [0.25, 0.3) is 21.0 Å². The molecular weight excluding hydrogens is 391 g/mol. The molecule has 142 valence electrons. The summed E-state index contributed by atoms with van der Waals surface area (Å²) < 4.78 is 67.1. The summed E-state index contributed by atoms with van der Waals surface area (Å²) in [7, 11) is -4.75. The molecule has 0 aliphatic carbocycles. The number of halogens is 3. The molecule has 0 amide bonds. The molecule has 0 aliphatic heterocycles. The van der Waals surface area contributed by atoms with Gasteiger partial charge in [0.2, 0.25) is 0 Å². The fourth-order valence-corrected chi connectivity index (χ4v) is 3.20. The lowest BCUT2D eigenvalue weighted by molar-refractivity contribution is -0.254. The molecule has 0 spiro atoms. The number of fused-ring (bicyclic) bond motifs is 1. The molecule has 9 nitrogen and oxygen atoms in total. The molecule has 3 aromatic rings. The van der Waals surface area contributed by atoms with Crippen LogP contribution in [0, 0.1) is 6.92 Å². The van der Waals surface area contributed by atoms with Crippen molar-refractivity contribution in [1.29, 1.82) is 0 Å². The number of sulfonamides is 1. The quantitative estimate of drug-likeness (QED) is 0.679. The first-order chi connectivity index (χ1) is 12.5. The predicted molar refractivity (Wildman–Crippen MR) is 82.1 cm³/mol. The number of carbonyl (C=O) groups excluding carboxylic acids is 1. The number of carbonyl (C=O) groups is 1. The molecule has 0 bridgehead atoms. The van der Waals surface area contributed by atoms with Gasteiger partial charge in [-0.1, -0.05) is 12.1 Å². The standard InChI is InChI=1S/C14H10F3N5O4S/c1-7-5-18-12-19-13(20-22(12)6-7)27(25,26)21-10-8(11(23)24)3-2-4-9(10)14(15,16)17/h2-6,21H,1H3,(H,23,24)/p-1. The van der Waals surface area contributed by atoms with Gasteiger partial charge in [0, 0.05) is 18.0 Å². The van der Waals surface area contributed by atoms with Crippen LogP contribution in [-0.2, 0) is 16.2 Å². The molecule has 0 unspecified atom stereocenters. The molecule has 1 N–H and O–H groups in total. The minimum absolute atomic E-state index is 0.106. The number of aryl methyl sites for hydroxylation is 1. The molecule has 3 rings (SSSR count). The third-order valence-electron chi connectivity index (χ3n) is 3.37. The molecule has 0 saturated carbocycles. The Morgan fingerprint density at radius 1 is 1.30 bits per heavy atom. The van der Waals surface area contributed by atoms with Crippen molar-refractivity contribution in [2.75, 3.05) is 4.72 Å². The van der Waals surface area contributed by atoms with Gasteiger partial charge in [-0.25, -0.2) is 9.50 Å². The zero-order valence-electron chi connectivity index (χ0n) is 13.4. The molecule has 27 heavy (non-hydrogen) atoms. The highest BCUT2D eigenvalue weighted by Gasteiger charge is 2.36. The van der Waals surface area contributed by atoms with Crippen molar-refractivity contribution < 1.29 is 31.5 Å². The van der Waals surface area contributed by atoms with Crippen molar-refractivity contribution in [2.24, 2.45) is 0 Å². The Morgan fingerprint density at radius 3 is 2.63 bits per heavy atom. The summed E-state index contributed by atoms with van der Waals surface area (Å²) in [6.07, 6.45) is -2.22. The van der Waals surface area contributed by atoms with Gasteiger partial charge >= 0.3 is 6.18 Å². The first-order valence-electron chi connectivity index (χ1n) is 7.12. The first kappa shape index (κ1) is 18.6. The molecule has 0 saturated heterocycles. The second kappa shape index (κ2) is 6.19. The second-order valence-electron chi connectivity index (χ2n) is 5.39. The summed E-state index contributed by atoms with van der Waals surface area (Å²) in [6, 6.07) is 2.14. The molecule has 0 aliphatic rings. The number of nitrogens with zero attached hydrogens (tertiary/aromatic N) is 4. The smallest absolute Gasteiger partial charge is 0.418 e. The van der Waals surface area contributed by atoms with E-state index in [-0.39, 0.29) is 5.78 Å². The van der Waals surface area contributed by atoms with Crippen LogP contribution in [0.5, 0.6) is 0 Å². The third-order valence-corrected chi connectivity index (χ3v) is 4.50. The molecule has 0 atom stereocenters. The number of carboxylic acids is 1. The normalized spacial score (nSPS) is 12.3. The molecular formula is C14H9F3N5O4S-. The van der Waals surface area contributed by atoms with Gasteiger partial charge < -0.3 is 9.90 Å². The van der Waals surface area contributed by atoms with Crippen LogP contribution in [-0.4, -0.2) is 34.0 Å². The maximum Gasteiger partial charge on any atom is 0.418 e. The SMILES string of the molecule is Cc1cnc2nc(S(=O)(=O)Nc3c(C(=O)[O-])cccc3C(F)(F)F)nn2c1. The van der Waals surface area contributed by atoms with E-state index in [0.29, 0.717) is 11.6 Å². The number of rotatable bonds is 4. The summed E-state index contributed by atoms with van der Waals surface area (Å²) >= 11 is 0. The van der Waals surface area contributed by atoms with Gasteiger partial charge in [0.1, 0.15) is 0 Å². The Hall–Kier alpha value is -3.22. The summed E-state index contributed by atoms with van der Waals surface area (Å²) in [6.45, 7) is 1.66. The van der Waals surface area contributed by atoms with Crippen LogP contribution in [0.4, 0.5) is 18.9 Å². The highest BCUT2D eigenvalue weighted by atomic mass is 32.2. The lowest BCUT2D eigenvalue weighted by atomic mass is 10.1. The van der Waals surface area contributed by atoms with Crippen molar-refractivity contribution >= 4 is 27.5 Å². The molecule has 2 aromatic heterocycles. The average molecular weight is 400 g/mol. The van der Waals surface area contributed by atoms with Gasteiger partial charge in [-0.2, -0.15) is 26.6 Å². The summed E-state index contributed by atoms with van der Waals surface area (Å²) in [5, 5.41) is 13.9. The van der Waals surface area contributed by atoms with Crippen LogP contribution >= 0.6 is 0 Å². The molecule has 1 aromatic carbocycles. The largest absolute Gasteiger partial charge is 0.545 e. The highest BCUT2D eigenvalue weighted by Crippen LogP contribution is 2.37. The van der Waals surface area contributed by atoms with E-state index in [1.807, 2.05) is 0 Å². The van der Waals surface area contributed by atoms with Crippen molar-refractivity contribution in [3.63, 3.8) is 0 Å². The molecule has 0 radical (unpaired) electrons. The number of aromatic carboxylic acids is 1. The van der Waals surface area contributed by atoms with E-state index in [1.54, 1.807) is 11.6 Å². The minimum atomic E-state index is -5.02. The van der Waals surface area contributed by atoms with E-state index in [2.05, 4.69) is 15.1 Å². The zero-order valence-corrected chi connectivity index (χ0v) is 14.2. The molecule has 13 heteroatoms. The summed E-state index contributed by atoms with van der Waals surface area (Å²) in [4.78, 5) is 18.6. The van der Waals surface area contributed by atoms with Gasteiger partial charge in [-0.15, -0.1) is 5.10 Å². The van der Waals surface area contributed by atoms with Crippen molar-refractivity contribution in [3.05, 3.63) is 47.3 Å². The van der Waals surface area contributed by atoms with Crippen LogP contribution in [0.25, 0.3) is 5.78 Å². The van der Waals surface area contributed by atoms with Crippen molar-refractivity contribution in [1.82, 2.24) is 19.6 Å². The Bertz CT molecular complexity index is 1160. The fraction of sp³-hybridized carbons (Fsp3) is 0.143. The Balaban J connectivity index is 2.13. The van der Waals surface area contributed by atoms with Gasteiger partial charge in [-0.3, -0.25) is 4.72 Å². The summed E-state index contributed by atoms with van der Waals surface area (Å²) in [5.74, 6) is -2.09.